The first-order valence-corrected chi connectivity index (χ1v) is 7.53. The van der Waals surface area contributed by atoms with Crippen LogP contribution in [0.2, 0.25) is 0 Å². The second-order valence-corrected chi connectivity index (χ2v) is 5.84. The Morgan fingerprint density at radius 1 is 1.19 bits per heavy atom. The summed E-state index contributed by atoms with van der Waals surface area (Å²) in [6.07, 6.45) is 5.33. The van der Waals surface area contributed by atoms with Crippen LogP contribution in [0.5, 0.6) is 0 Å². The molecule has 0 spiro atoms. The number of methoxy groups -OCH3 is 1. The van der Waals surface area contributed by atoms with E-state index in [0.29, 0.717) is 11.5 Å². The molecule has 2 atom stereocenters. The Kier molecular flexibility index (Phi) is 5.67. The number of benzene rings is 1. The fourth-order valence-corrected chi connectivity index (χ4v) is 3.33. The number of nitrogens with one attached hydrogen (secondary N) is 1. The lowest BCUT2D eigenvalue weighted by molar-refractivity contribution is 0.00650. The molecule has 1 fully saturated rings. The summed E-state index contributed by atoms with van der Waals surface area (Å²) >= 11 is 0. The first-order valence-electron chi connectivity index (χ1n) is 7.53. The van der Waals surface area contributed by atoms with Crippen LogP contribution in [-0.4, -0.2) is 13.2 Å². The minimum Gasteiger partial charge on any atom is -0.379 e. The van der Waals surface area contributed by atoms with Gasteiger partial charge in [0, 0.05) is 12.7 Å². The van der Waals surface area contributed by atoms with E-state index >= 15 is 0 Å². The Balaban J connectivity index is 2.30. The smallest absolute Gasteiger partial charge is 0.164 e. The van der Waals surface area contributed by atoms with E-state index in [0.717, 1.165) is 25.7 Å². The van der Waals surface area contributed by atoms with Gasteiger partial charge in [-0.3, -0.25) is 11.3 Å². The minimum absolute atomic E-state index is 0.234. The van der Waals surface area contributed by atoms with Gasteiger partial charge in [-0.15, -0.1) is 0 Å². The van der Waals surface area contributed by atoms with E-state index in [9.17, 15) is 8.78 Å². The Morgan fingerprint density at radius 3 is 2.43 bits per heavy atom. The van der Waals surface area contributed by atoms with Gasteiger partial charge in [-0.2, -0.15) is 0 Å². The Labute approximate surface area is 124 Å². The van der Waals surface area contributed by atoms with E-state index in [4.69, 9.17) is 10.6 Å². The van der Waals surface area contributed by atoms with Crippen molar-refractivity contribution in [3.8, 4) is 0 Å². The van der Waals surface area contributed by atoms with Crippen LogP contribution in [0.4, 0.5) is 8.78 Å². The van der Waals surface area contributed by atoms with Crippen LogP contribution < -0.4 is 11.3 Å². The van der Waals surface area contributed by atoms with E-state index < -0.39 is 17.7 Å². The Bertz CT molecular complexity index is 476. The topological polar surface area (TPSA) is 47.3 Å². The molecular formula is C16H24F2N2O. The highest BCUT2D eigenvalue weighted by Gasteiger charge is 2.33. The van der Waals surface area contributed by atoms with E-state index in [-0.39, 0.29) is 11.7 Å². The van der Waals surface area contributed by atoms with Crippen molar-refractivity contribution < 1.29 is 13.5 Å². The molecule has 0 radical (unpaired) electrons. The summed E-state index contributed by atoms with van der Waals surface area (Å²) in [7, 11) is 1.60. The van der Waals surface area contributed by atoms with E-state index in [1.165, 1.54) is 6.42 Å². The normalized spacial score (nSPS) is 19.5. The molecule has 1 aromatic carbocycles. The maximum absolute atomic E-state index is 14.2. The van der Waals surface area contributed by atoms with Gasteiger partial charge in [0.05, 0.1) is 12.1 Å². The average Bonchev–Trinajstić information content (AvgIpc) is 2.52. The highest BCUT2D eigenvalue weighted by atomic mass is 19.2. The van der Waals surface area contributed by atoms with Crippen molar-refractivity contribution in [1.29, 1.82) is 0 Å². The molecule has 3 N–H and O–H groups in total. The second-order valence-electron chi connectivity index (χ2n) is 5.84. The summed E-state index contributed by atoms with van der Waals surface area (Å²) in [6, 6.07) is 2.62. The number of hydrogen-bond donors (Lipinski definition) is 2. The molecule has 1 aromatic rings. The first kappa shape index (κ1) is 16.3. The molecule has 0 aromatic heterocycles. The summed E-state index contributed by atoms with van der Waals surface area (Å²) in [5, 5.41) is 0. The van der Waals surface area contributed by atoms with Crippen molar-refractivity contribution >= 4 is 0 Å². The van der Waals surface area contributed by atoms with Crippen LogP contribution in [-0.2, 0) is 4.74 Å². The number of hydrazine groups is 1. The predicted molar refractivity (Wildman–Crippen MR) is 78.5 cm³/mol. The molecule has 2 unspecified atom stereocenters. The third-order valence-corrected chi connectivity index (χ3v) is 4.54. The van der Waals surface area contributed by atoms with Crippen molar-refractivity contribution in [3.05, 3.63) is 34.9 Å². The molecule has 118 valence electrons. The Morgan fingerprint density at radius 2 is 1.86 bits per heavy atom. The molecule has 1 aliphatic carbocycles. The molecule has 1 saturated carbocycles. The van der Waals surface area contributed by atoms with Crippen molar-refractivity contribution in [3.63, 3.8) is 0 Å². The van der Waals surface area contributed by atoms with Crippen molar-refractivity contribution in [1.82, 2.24) is 5.43 Å². The molecule has 0 bridgehead atoms. The third-order valence-electron chi connectivity index (χ3n) is 4.54. The number of halogens is 2. The van der Waals surface area contributed by atoms with Gasteiger partial charge in [-0.25, -0.2) is 8.78 Å². The summed E-state index contributed by atoms with van der Waals surface area (Å²) in [4.78, 5) is 0. The quantitative estimate of drug-likeness (QED) is 0.647. The zero-order chi connectivity index (χ0) is 15.4. The molecular weight excluding hydrogens is 274 g/mol. The number of aryl methyl sites for hydroxylation is 1. The van der Waals surface area contributed by atoms with Crippen molar-refractivity contribution in [2.75, 3.05) is 7.11 Å². The lowest BCUT2D eigenvalue weighted by Gasteiger charge is -2.35. The fraction of sp³-hybridized carbons (Fsp3) is 0.625. The number of ether oxygens (including phenoxy) is 1. The zero-order valence-corrected chi connectivity index (χ0v) is 12.7. The lowest BCUT2D eigenvalue weighted by Crippen LogP contribution is -2.42. The Hall–Kier alpha value is -1.04. The summed E-state index contributed by atoms with van der Waals surface area (Å²) in [5.41, 5.74) is 3.15. The number of rotatable bonds is 5. The van der Waals surface area contributed by atoms with Crippen LogP contribution in [0.15, 0.2) is 12.1 Å². The molecule has 0 aliphatic heterocycles. The van der Waals surface area contributed by atoms with Crippen LogP contribution in [0.1, 0.15) is 49.3 Å². The van der Waals surface area contributed by atoms with Crippen molar-refractivity contribution in [2.45, 2.75) is 51.2 Å². The van der Waals surface area contributed by atoms with Gasteiger partial charge in [-0.05, 0) is 31.2 Å². The molecule has 3 nitrogen and oxygen atoms in total. The van der Waals surface area contributed by atoms with Gasteiger partial charge >= 0.3 is 0 Å². The number of hydrogen-bond acceptors (Lipinski definition) is 3. The molecule has 0 amide bonds. The monoisotopic (exact) mass is 298 g/mol. The minimum atomic E-state index is -0.837. The SMILES string of the molecule is COC(C1CCCCC1)C(NN)c1ccc(C)c(F)c1F. The molecule has 0 saturated heterocycles. The van der Waals surface area contributed by atoms with E-state index in [1.807, 2.05) is 0 Å². The largest absolute Gasteiger partial charge is 0.379 e. The molecule has 5 heteroatoms. The van der Waals surface area contributed by atoms with Gasteiger partial charge in [0.2, 0.25) is 0 Å². The highest BCUT2D eigenvalue weighted by molar-refractivity contribution is 5.28. The van der Waals surface area contributed by atoms with Crippen LogP contribution >= 0.6 is 0 Å². The van der Waals surface area contributed by atoms with E-state index in [1.54, 1.807) is 26.2 Å². The predicted octanol–water partition coefficient (Wildman–Crippen LogP) is 3.37. The summed E-state index contributed by atoms with van der Waals surface area (Å²) in [6.45, 7) is 1.54. The maximum Gasteiger partial charge on any atom is 0.164 e. The van der Waals surface area contributed by atoms with Crippen LogP contribution in [0.3, 0.4) is 0 Å². The highest BCUT2D eigenvalue weighted by Crippen LogP contribution is 2.35. The van der Waals surface area contributed by atoms with Crippen LogP contribution in [0, 0.1) is 24.5 Å². The van der Waals surface area contributed by atoms with Crippen LogP contribution in [0.25, 0.3) is 0 Å². The second kappa shape index (κ2) is 7.29. The maximum atomic E-state index is 14.2. The van der Waals surface area contributed by atoms with Gasteiger partial charge in [0.25, 0.3) is 0 Å². The number of nitrogens with two attached hydrogens (primary N) is 1. The molecule has 2 rings (SSSR count). The van der Waals surface area contributed by atoms with Gasteiger partial charge in [0.15, 0.2) is 11.6 Å². The van der Waals surface area contributed by atoms with Gasteiger partial charge in [0.1, 0.15) is 0 Å². The molecule has 1 aliphatic rings. The van der Waals surface area contributed by atoms with Crippen molar-refractivity contribution in [2.24, 2.45) is 11.8 Å². The molecule has 0 heterocycles. The average molecular weight is 298 g/mol. The molecule has 21 heavy (non-hydrogen) atoms. The lowest BCUT2D eigenvalue weighted by atomic mass is 9.81. The third kappa shape index (κ3) is 3.42. The summed E-state index contributed by atoms with van der Waals surface area (Å²) < 4.78 is 33.6. The fourth-order valence-electron chi connectivity index (χ4n) is 3.33. The zero-order valence-electron chi connectivity index (χ0n) is 12.7. The first-order chi connectivity index (χ1) is 10.1. The van der Waals surface area contributed by atoms with E-state index in [2.05, 4.69) is 5.43 Å². The standard InChI is InChI=1S/C16H24F2N2O/c1-10-8-9-12(14(18)13(10)17)15(20-19)16(21-2)11-6-4-3-5-7-11/h8-9,11,15-16,20H,3-7,19H2,1-2H3. The van der Waals surface area contributed by atoms with Gasteiger partial charge in [-0.1, -0.05) is 31.4 Å². The summed E-state index contributed by atoms with van der Waals surface area (Å²) in [5.74, 6) is 4.29. The van der Waals surface area contributed by atoms with Gasteiger partial charge < -0.3 is 4.74 Å².